The summed E-state index contributed by atoms with van der Waals surface area (Å²) in [6, 6.07) is 6.75. The number of carbonyl (C=O) groups is 1. The van der Waals surface area contributed by atoms with E-state index in [1.807, 2.05) is 0 Å². The Bertz CT molecular complexity index is 934. The Kier molecular flexibility index (Phi) is 5.30. The summed E-state index contributed by atoms with van der Waals surface area (Å²) in [5.41, 5.74) is 2.83. The monoisotopic (exact) mass is 388 g/mol. The van der Waals surface area contributed by atoms with Crippen molar-refractivity contribution >= 4 is 15.9 Å². The summed E-state index contributed by atoms with van der Waals surface area (Å²) in [4.78, 5) is 22.4. The van der Waals surface area contributed by atoms with E-state index in [0.29, 0.717) is 19.5 Å². The first-order valence-corrected chi connectivity index (χ1v) is 10.3. The zero-order chi connectivity index (χ0) is 19.7. The standard InChI is InChI=1S/C19H24N4O3S/c1-19(2,3)15-4-6-16(7-5-15)27(25,26)22-11-18(24)23-9-8-17-14(12-23)10-20-13-21-17/h4-7,10,13,22H,8-9,11-12H2,1-3H3. The van der Waals surface area contributed by atoms with Crippen LogP contribution in [0, 0.1) is 0 Å². The van der Waals surface area contributed by atoms with Crippen LogP contribution >= 0.6 is 0 Å². The average Bonchev–Trinajstić information content (AvgIpc) is 2.65. The van der Waals surface area contributed by atoms with Crippen molar-refractivity contribution in [2.75, 3.05) is 13.1 Å². The zero-order valence-electron chi connectivity index (χ0n) is 15.8. The van der Waals surface area contributed by atoms with Crippen LogP contribution in [0.3, 0.4) is 0 Å². The first-order chi connectivity index (χ1) is 12.7. The lowest BCUT2D eigenvalue weighted by Crippen LogP contribution is -2.42. The molecule has 0 bridgehead atoms. The SMILES string of the molecule is CC(C)(C)c1ccc(S(=O)(=O)NCC(=O)N2CCc3ncncc3C2)cc1. The van der Waals surface area contributed by atoms with Gasteiger partial charge in [0.2, 0.25) is 15.9 Å². The first kappa shape index (κ1) is 19.4. The fourth-order valence-electron chi connectivity index (χ4n) is 2.97. The molecule has 7 nitrogen and oxygen atoms in total. The number of fused-ring (bicyclic) bond motifs is 1. The van der Waals surface area contributed by atoms with Gasteiger partial charge in [0.1, 0.15) is 6.33 Å². The summed E-state index contributed by atoms with van der Waals surface area (Å²) in [5, 5.41) is 0. The molecule has 0 unspecified atom stereocenters. The van der Waals surface area contributed by atoms with Gasteiger partial charge in [-0.05, 0) is 23.1 Å². The largest absolute Gasteiger partial charge is 0.337 e. The van der Waals surface area contributed by atoms with Crippen molar-refractivity contribution in [3.8, 4) is 0 Å². The maximum Gasteiger partial charge on any atom is 0.241 e. The number of aromatic nitrogens is 2. The van der Waals surface area contributed by atoms with Crippen LogP contribution in [0.5, 0.6) is 0 Å². The molecule has 1 aromatic carbocycles. The van der Waals surface area contributed by atoms with E-state index >= 15 is 0 Å². The lowest BCUT2D eigenvalue weighted by Gasteiger charge is -2.27. The third-order valence-electron chi connectivity index (χ3n) is 4.66. The van der Waals surface area contributed by atoms with Gasteiger partial charge >= 0.3 is 0 Å². The smallest absolute Gasteiger partial charge is 0.241 e. The topological polar surface area (TPSA) is 92.3 Å². The van der Waals surface area contributed by atoms with E-state index in [0.717, 1.165) is 16.8 Å². The van der Waals surface area contributed by atoms with Gasteiger partial charge in [-0.3, -0.25) is 4.79 Å². The molecule has 1 aromatic heterocycles. The second-order valence-corrected chi connectivity index (χ2v) is 9.43. The first-order valence-electron chi connectivity index (χ1n) is 8.82. The predicted octanol–water partition coefficient (Wildman–Crippen LogP) is 1.64. The lowest BCUT2D eigenvalue weighted by molar-refractivity contribution is -0.130. The Morgan fingerprint density at radius 3 is 2.59 bits per heavy atom. The Labute approximate surface area is 159 Å². The van der Waals surface area contributed by atoms with E-state index < -0.39 is 10.0 Å². The van der Waals surface area contributed by atoms with Crippen molar-refractivity contribution in [2.24, 2.45) is 0 Å². The molecule has 0 atom stereocenters. The predicted molar refractivity (Wildman–Crippen MR) is 101 cm³/mol. The van der Waals surface area contributed by atoms with Crippen molar-refractivity contribution in [1.82, 2.24) is 19.6 Å². The summed E-state index contributed by atoms with van der Waals surface area (Å²) in [7, 11) is -3.74. The van der Waals surface area contributed by atoms with Crippen LogP contribution in [0.2, 0.25) is 0 Å². The fraction of sp³-hybridized carbons (Fsp3) is 0.421. The van der Waals surface area contributed by atoms with Crippen LogP contribution in [-0.2, 0) is 33.2 Å². The molecule has 1 aliphatic rings. The number of rotatable bonds is 4. The molecule has 1 N–H and O–H groups in total. The Morgan fingerprint density at radius 1 is 1.22 bits per heavy atom. The lowest BCUT2D eigenvalue weighted by atomic mass is 9.87. The normalized spacial score (nSPS) is 14.7. The minimum Gasteiger partial charge on any atom is -0.337 e. The number of hydrogen-bond acceptors (Lipinski definition) is 5. The second kappa shape index (κ2) is 7.36. The van der Waals surface area contributed by atoms with Gasteiger partial charge < -0.3 is 4.90 Å². The van der Waals surface area contributed by atoms with Gasteiger partial charge in [0.25, 0.3) is 0 Å². The molecule has 3 rings (SSSR count). The van der Waals surface area contributed by atoms with E-state index in [1.54, 1.807) is 35.4 Å². The average molecular weight is 388 g/mol. The molecule has 0 radical (unpaired) electrons. The minimum atomic E-state index is -3.74. The maximum absolute atomic E-state index is 12.5. The van der Waals surface area contributed by atoms with Gasteiger partial charge in [-0.1, -0.05) is 32.9 Å². The number of amides is 1. The number of nitrogens with one attached hydrogen (secondary N) is 1. The van der Waals surface area contributed by atoms with Gasteiger partial charge in [-0.15, -0.1) is 0 Å². The number of hydrogen-bond donors (Lipinski definition) is 1. The van der Waals surface area contributed by atoms with E-state index in [4.69, 9.17) is 0 Å². The number of nitrogens with zero attached hydrogens (tertiary/aromatic N) is 3. The number of benzene rings is 1. The van der Waals surface area contributed by atoms with Gasteiger partial charge in [0.05, 0.1) is 17.1 Å². The fourth-order valence-corrected chi connectivity index (χ4v) is 3.94. The number of sulfonamides is 1. The highest BCUT2D eigenvalue weighted by Gasteiger charge is 2.24. The molecule has 27 heavy (non-hydrogen) atoms. The summed E-state index contributed by atoms with van der Waals surface area (Å²) in [6.45, 7) is 6.84. The van der Waals surface area contributed by atoms with Crippen molar-refractivity contribution in [3.63, 3.8) is 0 Å². The van der Waals surface area contributed by atoms with E-state index in [9.17, 15) is 13.2 Å². The molecular weight excluding hydrogens is 364 g/mol. The maximum atomic E-state index is 12.5. The molecule has 0 saturated carbocycles. The summed E-state index contributed by atoms with van der Waals surface area (Å²) in [5.74, 6) is -0.264. The minimum absolute atomic E-state index is 0.0556. The Hall–Kier alpha value is -2.32. The summed E-state index contributed by atoms with van der Waals surface area (Å²) < 4.78 is 27.4. The molecule has 0 saturated heterocycles. The van der Waals surface area contributed by atoms with Crippen LogP contribution < -0.4 is 4.72 Å². The highest BCUT2D eigenvalue weighted by Crippen LogP contribution is 2.23. The molecule has 0 spiro atoms. The Morgan fingerprint density at radius 2 is 1.93 bits per heavy atom. The van der Waals surface area contributed by atoms with E-state index in [2.05, 4.69) is 35.5 Å². The summed E-state index contributed by atoms with van der Waals surface area (Å²) in [6.07, 6.45) is 3.84. The van der Waals surface area contributed by atoms with Crippen LogP contribution in [0.15, 0.2) is 41.7 Å². The van der Waals surface area contributed by atoms with Crippen LogP contribution in [0.4, 0.5) is 0 Å². The molecule has 8 heteroatoms. The van der Waals surface area contributed by atoms with Gasteiger partial charge in [0, 0.05) is 31.3 Å². The van der Waals surface area contributed by atoms with Crippen LogP contribution in [-0.4, -0.2) is 42.3 Å². The van der Waals surface area contributed by atoms with Gasteiger partial charge in [0.15, 0.2) is 0 Å². The second-order valence-electron chi connectivity index (χ2n) is 7.66. The molecule has 2 aromatic rings. The molecule has 1 amide bonds. The molecule has 2 heterocycles. The quantitative estimate of drug-likeness (QED) is 0.860. The van der Waals surface area contributed by atoms with Crippen LogP contribution in [0.25, 0.3) is 0 Å². The van der Waals surface area contributed by atoms with Gasteiger partial charge in [-0.25, -0.2) is 23.1 Å². The van der Waals surface area contributed by atoms with Crippen LogP contribution in [0.1, 0.15) is 37.6 Å². The van der Waals surface area contributed by atoms with Gasteiger partial charge in [-0.2, -0.15) is 0 Å². The highest BCUT2D eigenvalue weighted by atomic mass is 32.2. The zero-order valence-corrected chi connectivity index (χ0v) is 16.6. The Balaban J connectivity index is 1.63. The van der Waals surface area contributed by atoms with E-state index in [-0.39, 0.29) is 22.8 Å². The van der Waals surface area contributed by atoms with Crippen molar-refractivity contribution in [3.05, 3.63) is 53.6 Å². The van der Waals surface area contributed by atoms with Crippen molar-refractivity contribution < 1.29 is 13.2 Å². The van der Waals surface area contributed by atoms with E-state index in [1.165, 1.54) is 6.33 Å². The molecule has 0 aliphatic carbocycles. The molecule has 144 valence electrons. The summed E-state index contributed by atoms with van der Waals surface area (Å²) >= 11 is 0. The molecular formula is C19H24N4O3S. The molecule has 0 fully saturated rings. The van der Waals surface area contributed by atoms with Crippen molar-refractivity contribution in [2.45, 2.75) is 44.0 Å². The molecule has 1 aliphatic heterocycles. The van der Waals surface area contributed by atoms with Crippen molar-refractivity contribution in [1.29, 1.82) is 0 Å². The number of carbonyl (C=O) groups excluding carboxylic acids is 1. The third-order valence-corrected chi connectivity index (χ3v) is 6.07. The highest BCUT2D eigenvalue weighted by molar-refractivity contribution is 7.89. The third kappa shape index (κ3) is 4.51.